The predicted octanol–water partition coefficient (Wildman–Crippen LogP) is 3.18. The van der Waals surface area contributed by atoms with Gasteiger partial charge < -0.3 is 16.4 Å². The number of nitrogens with zero attached hydrogens (tertiary/aromatic N) is 3. The van der Waals surface area contributed by atoms with Gasteiger partial charge in [-0.2, -0.15) is 0 Å². The van der Waals surface area contributed by atoms with Gasteiger partial charge in [0.05, 0.1) is 35.3 Å². The number of para-hydroxylation sites is 2. The van der Waals surface area contributed by atoms with Crippen LogP contribution in [0.2, 0.25) is 0 Å². The Hall–Kier alpha value is -2.79. The van der Waals surface area contributed by atoms with Gasteiger partial charge in [0, 0.05) is 5.69 Å². The Kier molecular flexibility index (Phi) is 2.92. The van der Waals surface area contributed by atoms with E-state index in [1.807, 2.05) is 16.7 Å². The summed E-state index contributed by atoms with van der Waals surface area (Å²) in [4.78, 5) is 6.43. The van der Waals surface area contributed by atoms with Crippen LogP contribution in [0.1, 0.15) is 23.0 Å². The van der Waals surface area contributed by atoms with Crippen molar-refractivity contribution in [3.63, 3.8) is 0 Å². The summed E-state index contributed by atoms with van der Waals surface area (Å²) in [6, 6.07) is 12.2. The van der Waals surface area contributed by atoms with Gasteiger partial charge in [0.15, 0.2) is 0 Å². The maximum atomic E-state index is 6.59. The highest BCUT2D eigenvalue weighted by Gasteiger charge is 2.32. The van der Waals surface area contributed by atoms with Crippen molar-refractivity contribution in [1.29, 1.82) is 0 Å². The molecule has 0 bridgehead atoms. The first kappa shape index (κ1) is 13.8. The van der Waals surface area contributed by atoms with Gasteiger partial charge in [-0.1, -0.05) is 24.3 Å². The van der Waals surface area contributed by atoms with E-state index in [0.29, 0.717) is 5.69 Å². The maximum Gasteiger partial charge on any atom is 0.125 e. The Morgan fingerprint density at radius 3 is 2.43 bits per heavy atom. The average molecular weight is 305 g/mol. The van der Waals surface area contributed by atoms with Crippen molar-refractivity contribution in [3.8, 4) is 5.69 Å². The highest BCUT2D eigenvalue weighted by Crippen LogP contribution is 2.45. The third-order valence-electron chi connectivity index (χ3n) is 4.48. The second-order valence-electron chi connectivity index (χ2n) is 5.96. The topological polar surface area (TPSA) is 73.1 Å². The average Bonchev–Trinajstić information content (AvgIpc) is 2.99. The molecule has 1 aliphatic rings. The number of benzene rings is 2. The fourth-order valence-corrected chi connectivity index (χ4v) is 3.44. The van der Waals surface area contributed by atoms with Crippen molar-refractivity contribution in [2.45, 2.75) is 20.0 Å². The van der Waals surface area contributed by atoms with Gasteiger partial charge in [-0.3, -0.25) is 4.57 Å². The third-order valence-corrected chi connectivity index (χ3v) is 4.48. The quantitative estimate of drug-likeness (QED) is 0.677. The van der Waals surface area contributed by atoms with E-state index in [1.165, 1.54) is 11.1 Å². The van der Waals surface area contributed by atoms with Crippen LogP contribution in [0.4, 0.5) is 17.1 Å². The number of nitrogen functional groups attached to an aromatic ring is 1. The number of nitrogens with two attached hydrogens (primary N) is 2. The van der Waals surface area contributed by atoms with E-state index < -0.39 is 0 Å². The minimum Gasteiger partial charge on any atom is -0.397 e. The van der Waals surface area contributed by atoms with Crippen LogP contribution in [0.25, 0.3) is 5.69 Å². The molecular weight excluding hydrogens is 286 g/mol. The summed E-state index contributed by atoms with van der Waals surface area (Å²) in [5.74, 6) is 0. The monoisotopic (exact) mass is 305 g/mol. The molecule has 4 rings (SSSR count). The lowest BCUT2D eigenvalue weighted by atomic mass is 10.0. The highest BCUT2D eigenvalue weighted by molar-refractivity contribution is 5.83. The lowest BCUT2D eigenvalue weighted by Gasteiger charge is -2.39. The molecule has 0 saturated heterocycles. The van der Waals surface area contributed by atoms with Gasteiger partial charge in [0.2, 0.25) is 0 Å². The minimum absolute atomic E-state index is 0.313. The van der Waals surface area contributed by atoms with E-state index in [2.05, 4.69) is 48.0 Å². The second kappa shape index (κ2) is 4.86. The number of aryl methyl sites for hydroxylation is 2. The standard InChI is InChI=1S/C18H19N5/c1-11-5-3-6-12(2)16(11)23-14-8-4-7-13(19)17(14)22-10-21-9-15(22)18(23)20/h3-10,18H,19-20H2,1-2H3. The largest absolute Gasteiger partial charge is 0.397 e. The molecule has 1 unspecified atom stereocenters. The molecule has 116 valence electrons. The van der Waals surface area contributed by atoms with E-state index in [4.69, 9.17) is 11.5 Å². The van der Waals surface area contributed by atoms with Crippen LogP contribution in [0.15, 0.2) is 48.9 Å². The molecule has 1 aromatic heterocycles. The number of fused-ring (bicyclic) bond motifs is 3. The fourth-order valence-electron chi connectivity index (χ4n) is 3.44. The van der Waals surface area contributed by atoms with Crippen LogP contribution in [-0.4, -0.2) is 9.55 Å². The minimum atomic E-state index is -0.313. The van der Waals surface area contributed by atoms with Crippen molar-refractivity contribution in [2.24, 2.45) is 5.73 Å². The van der Waals surface area contributed by atoms with Gasteiger partial charge in [-0.05, 0) is 37.1 Å². The summed E-state index contributed by atoms with van der Waals surface area (Å²) in [6.45, 7) is 4.21. The molecule has 2 aromatic carbocycles. The van der Waals surface area contributed by atoms with Crippen molar-refractivity contribution < 1.29 is 0 Å². The van der Waals surface area contributed by atoms with Gasteiger partial charge in [0.1, 0.15) is 6.17 Å². The molecule has 0 aliphatic carbocycles. The summed E-state index contributed by atoms with van der Waals surface area (Å²) in [5, 5.41) is 0. The molecule has 1 aliphatic heterocycles. The number of anilines is 3. The number of imidazole rings is 1. The Balaban J connectivity index is 2.05. The molecule has 4 N–H and O–H groups in total. The molecule has 0 spiro atoms. The number of hydrogen-bond donors (Lipinski definition) is 2. The molecular formula is C18H19N5. The highest BCUT2D eigenvalue weighted by atomic mass is 15.3. The van der Waals surface area contributed by atoms with Crippen LogP contribution < -0.4 is 16.4 Å². The first-order valence-corrected chi connectivity index (χ1v) is 7.61. The number of rotatable bonds is 1. The summed E-state index contributed by atoms with van der Waals surface area (Å²) < 4.78 is 1.99. The zero-order valence-corrected chi connectivity index (χ0v) is 13.2. The smallest absolute Gasteiger partial charge is 0.125 e. The molecule has 5 nitrogen and oxygen atoms in total. The first-order valence-electron chi connectivity index (χ1n) is 7.61. The van der Waals surface area contributed by atoms with Gasteiger partial charge >= 0.3 is 0 Å². The predicted molar refractivity (Wildman–Crippen MR) is 93.0 cm³/mol. The van der Waals surface area contributed by atoms with Crippen molar-refractivity contribution in [2.75, 3.05) is 10.6 Å². The van der Waals surface area contributed by atoms with Crippen molar-refractivity contribution in [3.05, 3.63) is 65.7 Å². The third kappa shape index (κ3) is 1.87. The van der Waals surface area contributed by atoms with Crippen LogP contribution in [0.5, 0.6) is 0 Å². The van der Waals surface area contributed by atoms with Gasteiger partial charge in [-0.15, -0.1) is 0 Å². The van der Waals surface area contributed by atoms with Crippen LogP contribution in [0, 0.1) is 13.8 Å². The Labute approximate surface area is 135 Å². The van der Waals surface area contributed by atoms with E-state index in [0.717, 1.165) is 22.8 Å². The summed E-state index contributed by atoms with van der Waals surface area (Å²) in [7, 11) is 0. The Bertz CT molecular complexity index is 876. The van der Waals surface area contributed by atoms with E-state index in [1.54, 1.807) is 12.5 Å². The molecule has 1 atom stereocenters. The molecule has 0 fully saturated rings. The van der Waals surface area contributed by atoms with Gasteiger partial charge in [-0.25, -0.2) is 4.98 Å². The molecule has 0 saturated carbocycles. The van der Waals surface area contributed by atoms with E-state index in [9.17, 15) is 0 Å². The number of aromatic nitrogens is 2. The maximum absolute atomic E-state index is 6.59. The summed E-state index contributed by atoms with van der Waals surface area (Å²) in [5.41, 5.74) is 19.9. The number of hydrogen-bond acceptors (Lipinski definition) is 4. The zero-order chi connectivity index (χ0) is 16.1. The summed E-state index contributed by atoms with van der Waals surface area (Å²) in [6.07, 6.45) is 3.26. The Morgan fingerprint density at radius 2 is 1.70 bits per heavy atom. The molecule has 3 aromatic rings. The molecule has 2 heterocycles. The lowest BCUT2D eigenvalue weighted by Crippen LogP contribution is -2.37. The zero-order valence-electron chi connectivity index (χ0n) is 13.2. The van der Waals surface area contributed by atoms with Crippen LogP contribution in [0.3, 0.4) is 0 Å². The fraction of sp³-hybridized carbons (Fsp3) is 0.167. The Morgan fingerprint density at radius 1 is 1.00 bits per heavy atom. The normalized spacial score (nSPS) is 16.1. The summed E-state index contributed by atoms with van der Waals surface area (Å²) >= 11 is 0. The molecule has 5 heteroatoms. The van der Waals surface area contributed by atoms with Gasteiger partial charge in [0.25, 0.3) is 0 Å². The van der Waals surface area contributed by atoms with Crippen LogP contribution >= 0.6 is 0 Å². The van der Waals surface area contributed by atoms with Crippen molar-refractivity contribution in [1.82, 2.24) is 9.55 Å². The van der Waals surface area contributed by atoms with Crippen molar-refractivity contribution >= 4 is 17.1 Å². The first-order chi connectivity index (χ1) is 11.1. The van der Waals surface area contributed by atoms with Crippen LogP contribution in [-0.2, 0) is 0 Å². The lowest BCUT2D eigenvalue weighted by molar-refractivity contribution is 0.664. The SMILES string of the molecule is Cc1cccc(C)c1N1c2cccc(N)c2-n2cncc2C1N. The van der Waals surface area contributed by atoms with E-state index >= 15 is 0 Å². The molecule has 0 amide bonds. The second-order valence-corrected chi connectivity index (χ2v) is 5.96. The molecule has 0 radical (unpaired) electrons. The van der Waals surface area contributed by atoms with E-state index in [-0.39, 0.29) is 6.17 Å². The molecule has 23 heavy (non-hydrogen) atoms.